The minimum Gasteiger partial charge on any atom is -0.508 e. The van der Waals surface area contributed by atoms with Crippen LogP contribution in [-0.2, 0) is 18.0 Å². The molecule has 4 rings (SSSR count). The quantitative estimate of drug-likeness (QED) is 0.0974. The summed E-state index contributed by atoms with van der Waals surface area (Å²) in [5.74, 6) is 0.778. The maximum Gasteiger partial charge on any atom is 0.119 e. The van der Waals surface area contributed by atoms with Crippen LogP contribution in [0, 0.1) is 0 Å². The van der Waals surface area contributed by atoms with Gasteiger partial charge in [0.25, 0.3) is 0 Å². The molecule has 0 saturated heterocycles. The number of halogens is 2. The molecule has 2 N–H and O–H groups in total. The normalized spacial score (nSPS) is 12.9. The summed E-state index contributed by atoms with van der Waals surface area (Å²) in [6, 6.07) is 34.6. The number of rotatable bonds is 18. The van der Waals surface area contributed by atoms with E-state index in [1.807, 2.05) is 36.4 Å². The zero-order valence-electron chi connectivity index (χ0n) is 31.9. The summed E-state index contributed by atoms with van der Waals surface area (Å²) in [4.78, 5) is 5.03. The van der Waals surface area contributed by atoms with Crippen molar-refractivity contribution in [3.63, 3.8) is 0 Å². The average molecular weight is 919 g/mol. The Bertz CT molecular complexity index is 1430. The Morgan fingerprint density at radius 3 is 1.16 bits per heavy atom. The highest BCUT2D eigenvalue weighted by Crippen LogP contribution is 2.37. The predicted molar refractivity (Wildman–Crippen MR) is 233 cm³/mol. The zero-order chi connectivity index (χ0) is 37.5. The standard InChI is InChI=1S/C44H60N2O3.I2/c1-31(2)45(32(3)4)25-23-39(37-15-11-9-12-16-37)41-27-35(19-21-43(41)47)29-49-30-36-20-22-44(48)42(28-36)40(38-17-13-10-14-18-38)24-26-46(33(5)6)34(7)8;1-2/h9-22,27-28,31-34,39-40,47-48H,23-26,29-30H2,1-8H3;/t39-,40+;. The monoisotopic (exact) mass is 918 g/mol. The highest BCUT2D eigenvalue weighted by atomic mass is 128. The van der Waals surface area contributed by atoms with E-state index in [0.717, 1.165) is 48.2 Å². The Kier molecular flexibility index (Phi) is 18.8. The molecule has 0 spiro atoms. The van der Waals surface area contributed by atoms with Crippen LogP contribution in [0.15, 0.2) is 97.1 Å². The number of benzene rings is 4. The molecule has 51 heavy (non-hydrogen) atoms. The third kappa shape index (κ3) is 13.0. The minimum absolute atomic E-state index is 0.0676. The lowest BCUT2D eigenvalue weighted by Gasteiger charge is -2.32. The Morgan fingerprint density at radius 2 is 0.843 bits per heavy atom. The highest BCUT2D eigenvalue weighted by molar-refractivity contribution is 15.0. The van der Waals surface area contributed by atoms with Gasteiger partial charge in [0.1, 0.15) is 11.5 Å². The third-order valence-corrected chi connectivity index (χ3v) is 9.88. The lowest BCUT2D eigenvalue weighted by molar-refractivity contribution is 0.107. The summed E-state index contributed by atoms with van der Waals surface area (Å²) in [6.07, 6.45) is 1.81. The Balaban J connectivity index is 0.00000345. The molecule has 2 atom stereocenters. The van der Waals surface area contributed by atoms with Crippen LogP contribution < -0.4 is 0 Å². The van der Waals surface area contributed by atoms with Gasteiger partial charge in [0.2, 0.25) is 0 Å². The number of phenols is 2. The van der Waals surface area contributed by atoms with Crippen molar-refractivity contribution in [1.29, 1.82) is 0 Å². The molecule has 4 aromatic rings. The van der Waals surface area contributed by atoms with Crippen molar-refractivity contribution in [1.82, 2.24) is 9.80 Å². The lowest BCUT2D eigenvalue weighted by Crippen LogP contribution is -2.38. The van der Waals surface area contributed by atoms with E-state index in [9.17, 15) is 10.2 Å². The van der Waals surface area contributed by atoms with E-state index >= 15 is 0 Å². The zero-order valence-corrected chi connectivity index (χ0v) is 36.2. The molecule has 278 valence electrons. The molecule has 0 fully saturated rings. The molecule has 0 saturated carbocycles. The Morgan fingerprint density at radius 1 is 0.510 bits per heavy atom. The number of phenolic OH excluding ortho intramolecular Hbond substituents is 2. The van der Waals surface area contributed by atoms with Crippen LogP contribution in [-0.4, -0.2) is 57.3 Å². The molecule has 0 aliphatic rings. The first-order chi connectivity index (χ1) is 24.5. The van der Waals surface area contributed by atoms with Gasteiger partial charge in [0.15, 0.2) is 0 Å². The van der Waals surface area contributed by atoms with Gasteiger partial charge in [-0.3, -0.25) is 9.80 Å². The second-order valence-corrected chi connectivity index (χ2v) is 14.6. The maximum atomic E-state index is 11.1. The Labute approximate surface area is 332 Å². The summed E-state index contributed by atoms with van der Waals surface area (Å²) in [7, 11) is 0. The first-order valence-electron chi connectivity index (χ1n) is 18.4. The van der Waals surface area contributed by atoms with Gasteiger partial charge in [-0.1, -0.05) is 72.8 Å². The molecular formula is C44H60I2N2O3. The van der Waals surface area contributed by atoms with Crippen molar-refractivity contribution in [3.05, 3.63) is 130 Å². The van der Waals surface area contributed by atoms with E-state index < -0.39 is 0 Å². The second-order valence-electron chi connectivity index (χ2n) is 14.6. The number of ether oxygens (including phenoxy) is 1. The molecule has 0 amide bonds. The highest BCUT2D eigenvalue weighted by Gasteiger charge is 2.23. The van der Waals surface area contributed by atoms with Gasteiger partial charge in [-0.25, -0.2) is 0 Å². The summed E-state index contributed by atoms with van der Waals surface area (Å²) in [6.45, 7) is 20.7. The van der Waals surface area contributed by atoms with E-state index in [2.05, 4.69) is 163 Å². The van der Waals surface area contributed by atoms with Crippen LogP contribution >= 0.6 is 37.2 Å². The van der Waals surface area contributed by atoms with Crippen molar-refractivity contribution < 1.29 is 14.9 Å². The predicted octanol–water partition coefficient (Wildman–Crippen LogP) is 11.9. The van der Waals surface area contributed by atoms with Gasteiger partial charge in [0.05, 0.1) is 13.2 Å². The number of nitrogens with zero attached hydrogens (tertiary/aromatic N) is 2. The first kappa shape index (κ1) is 43.2. The van der Waals surface area contributed by atoms with Crippen molar-refractivity contribution in [2.75, 3.05) is 13.1 Å². The minimum atomic E-state index is 0.0676. The summed E-state index contributed by atoms with van der Waals surface area (Å²) >= 11 is 4.24. The fourth-order valence-electron chi connectivity index (χ4n) is 7.39. The topological polar surface area (TPSA) is 56.2 Å². The molecule has 5 nitrogen and oxygen atoms in total. The largest absolute Gasteiger partial charge is 0.508 e. The lowest BCUT2D eigenvalue weighted by atomic mass is 9.86. The van der Waals surface area contributed by atoms with Crippen molar-refractivity contribution >= 4 is 37.2 Å². The number of aromatic hydroxyl groups is 2. The van der Waals surface area contributed by atoms with Gasteiger partial charge in [-0.05, 0) is 128 Å². The fourth-order valence-corrected chi connectivity index (χ4v) is 7.39. The third-order valence-electron chi connectivity index (χ3n) is 9.88. The van der Waals surface area contributed by atoms with E-state index in [0.29, 0.717) is 48.9 Å². The summed E-state index contributed by atoms with van der Waals surface area (Å²) < 4.78 is 6.31. The molecule has 0 heterocycles. The van der Waals surface area contributed by atoms with Gasteiger partial charge < -0.3 is 14.9 Å². The van der Waals surface area contributed by atoms with Crippen LogP contribution in [0.25, 0.3) is 0 Å². The summed E-state index contributed by atoms with van der Waals surface area (Å²) in [5, 5.41) is 22.2. The maximum absolute atomic E-state index is 11.1. The molecule has 0 aliphatic heterocycles. The van der Waals surface area contributed by atoms with E-state index in [1.165, 1.54) is 11.1 Å². The SMILES string of the molecule is CC(C)N(CC[C@H](c1ccccc1)c1cc(COCc2ccc(O)c([C@@H](CCN(C(C)C)C(C)C)c3ccccc3)c2)ccc1O)C(C)C.II. The van der Waals surface area contributed by atoms with Crippen molar-refractivity contribution in [2.24, 2.45) is 0 Å². The molecular weight excluding hydrogens is 858 g/mol. The van der Waals surface area contributed by atoms with E-state index in [1.54, 1.807) is 0 Å². The molecule has 0 aliphatic carbocycles. The van der Waals surface area contributed by atoms with Gasteiger partial charge in [0, 0.05) is 84.4 Å². The van der Waals surface area contributed by atoms with Gasteiger partial charge in [-0.15, -0.1) is 0 Å². The number of hydrogen-bond acceptors (Lipinski definition) is 5. The first-order valence-corrected chi connectivity index (χ1v) is 24.7. The van der Waals surface area contributed by atoms with Gasteiger partial charge >= 0.3 is 0 Å². The van der Waals surface area contributed by atoms with Crippen LogP contribution in [0.5, 0.6) is 11.5 Å². The van der Waals surface area contributed by atoms with Crippen molar-refractivity contribution in [3.8, 4) is 11.5 Å². The van der Waals surface area contributed by atoms with Crippen LogP contribution in [0.1, 0.15) is 113 Å². The molecule has 7 heteroatoms. The van der Waals surface area contributed by atoms with Crippen molar-refractivity contribution in [2.45, 2.75) is 117 Å². The summed E-state index contributed by atoms with van der Waals surface area (Å²) in [5.41, 5.74) is 6.35. The van der Waals surface area contributed by atoms with Crippen LogP contribution in [0.3, 0.4) is 0 Å². The van der Waals surface area contributed by atoms with Crippen LogP contribution in [0.4, 0.5) is 0 Å². The molecule has 4 aromatic carbocycles. The van der Waals surface area contributed by atoms with Gasteiger partial charge in [-0.2, -0.15) is 0 Å². The number of hydrogen-bond donors (Lipinski definition) is 2. The smallest absolute Gasteiger partial charge is 0.119 e. The molecule has 0 aromatic heterocycles. The van der Waals surface area contributed by atoms with E-state index in [4.69, 9.17) is 4.74 Å². The van der Waals surface area contributed by atoms with E-state index in [-0.39, 0.29) is 11.8 Å². The Hall–Kier alpha value is -2.18. The van der Waals surface area contributed by atoms with Crippen LogP contribution in [0.2, 0.25) is 0 Å². The second kappa shape index (κ2) is 22.1. The fraction of sp³-hybridized carbons (Fsp3) is 0.455. The molecule has 0 bridgehead atoms. The molecule has 0 radical (unpaired) electrons. The average Bonchev–Trinajstić information content (AvgIpc) is 3.11. The molecule has 0 unspecified atom stereocenters.